The minimum absolute atomic E-state index is 0.0301. The Morgan fingerprint density at radius 2 is 1.84 bits per heavy atom. The van der Waals surface area contributed by atoms with Crippen molar-refractivity contribution < 1.29 is 9.90 Å². The fourth-order valence-corrected chi connectivity index (χ4v) is 2.22. The molecule has 0 atom stereocenters. The number of rotatable bonds is 4. The van der Waals surface area contributed by atoms with Crippen LogP contribution in [0.1, 0.15) is 49.5 Å². The molecule has 1 aliphatic carbocycles. The molecule has 1 aromatic carbocycles. The maximum atomic E-state index is 12.4. The summed E-state index contributed by atoms with van der Waals surface area (Å²) < 4.78 is 0. The maximum absolute atomic E-state index is 12.4. The number of benzene rings is 1. The second-order valence-corrected chi connectivity index (χ2v) is 6.28. The van der Waals surface area contributed by atoms with E-state index in [9.17, 15) is 4.79 Å². The molecule has 19 heavy (non-hydrogen) atoms. The lowest BCUT2D eigenvalue weighted by Crippen LogP contribution is -2.35. The molecular formula is C16H23NO2. The SMILES string of the molecule is CC(C)(C)c1ccc(C(=O)N(CCO)C2CC2)cc1. The van der Waals surface area contributed by atoms with E-state index in [1.165, 1.54) is 5.56 Å². The fraction of sp³-hybridized carbons (Fsp3) is 0.562. The normalized spacial score (nSPS) is 15.4. The molecule has 3 nitrogen and oxygen atoms in total. The molecule has 3 heteroatoms. The minimum atomic E-state index is 0.0301. The van der Waals surface area contributed by atoms with Crippen LogP contribution in [-0.4, -0.2) is 35.1 Å². The Kier molecular flexibility index (Phi) is 3.95. The molecule has 1 aromatic rings. The largest absolute Gasteiger partial charge is 0.395 e. The standard InChI is InChI=1S/C16H23NO2/c1-16(2,3)13-6-4-12(5-7-13)15(19)17(10-11-18)14-8-9-14/h4-7,14,18H,8-11H2,1-3H3. The van der Waals surface area contributed by atoms with Gasteiger partial charge in [0.05, 0.1) is 6.61 Å². The van der Waals surface area contributed by atoms with Crippen LogP contribution in [0.5, 0.6) is 0 Å². The third-order valence-corrected chi connectivity index (χ3v) is 3.59. The van der Waals surface area contributed by atoms with Crippen molar-refractivity contribution in [1.29, 1.82) is 0 Å². The van der Waals surface area contributed by atoms with Gasteiger partial charge < -0.3 is 10.0 Å². The Hall–Kier alpha value is -1.35. The van der Waals surface area contributed by atoms with Crippen molar-refractivity contribution in [1.82, 2.24) is 4.90 Å². The third kappa shape index (κ3) is 3.35. The minimum Gasteiger partial charge on any atom is -0.395 e. The molecule has 1 fully saturated rings. The Morgan fingerprint density at radius 3 is 2.26 bits per heavy atom. The lowest BCUT2D eigenvalue weighted by molar-refractivity contribution is 0.0707. The number of carbonyl (C=O) groups is 1. The number of hydrogen-bond donors (Lipinski definition) is 1. The first-order valence-corrected chi connectivity index (χ1v) is 6.96. The van der Waals surface area contributed by atoms with E-state index < -0.39 is 0 Å². The second kappa shape index (κ2) is 5.33. The predicted octanol–water partition coefficient (Wildman–Crippen LogP) is 2.58. The van der Waals surface area contributed by atoms with E-state index >= 15 is 0 Å². The van der Waals surface area contributed by atoms with Gasteiger partial charge in [0.25, 0.3) is 5.91 Å². The van der Waals surface area contributed by atoms with E-state index in [4.69, 9.17) is 5.11 Å². The van der Waals surface area contributed by atoms with E-state index in [1.54, 1.807) is 4.90 Å². The van der Waals surface area contributed by atoms with Crippen molar-refractivity contribution in [2.45, 2.75) is 45.1 Å². The van der Waals surface area contributed by atoms with Crippen LogP contribution in [0, 0.1) is 0 Å². The summed E-state index contributed by atoms with van der Waals surface area (Å²) in [6, 6.07) is 8.18. The number of hydrogen-bond acceptors (Lipinski definition) is 2. The van der Waals surface area contributed by atoms with Crippen LogP contribution in [0.25, 0.3) is 0 Å². The molecule has 0 bridgehead atoms. The quantitative estimate of drug-likeness (QED) is 0.905. The Balaban J connectivity index is 2.14. The third-order valence-electron chi connectivity index (χ3n) is 3.59. The number of carbonyl (C=O) groups excluding carboxylic acids is 1. The number of nitrogens with zero attached hydrogens (tertiary/aromatic N) is 1. The van der Waals surface area contributed by atoms with Gasteiger partial charge in [0, 0.05) is 18.2 Å². The average molecular weight is 261 g/mol. The van der Waals surface area contributed by atoms with Crippen molar-refractivity contribution in [2.75, 3.05) is 13.2 Å². The zero-order chi connectivity index (χ0) is 14.0. The van der Waals surface area contributed by atoms with E-state index in [2.05, 4.69) is 20.8 Å². The van der Waals surface area contributed by atoms with Gasteiger partial charge in [-0.2, -0.15) is 0 Å². The van der Waals surface area contributed by atoms with Crippen LogP contribution < -0.4 is 0 Å². The van der Waals surface area contributed by atoms with E-state index in [0.29, 0.717) is 18.2 Å². The first-order valence-electron chi connectivity index (χ1n) is 6.96. The monoisotopic (exact) mass is 261 g/mol. The summed E-state index contributed by atoms with van der Waals surface area (Å²) in [5.41, 5.74) is 2.04. The number of aliphatic hydroxyl groups is 1. The highest BCUT2D eigenvalue weighted by Crippen LogP contribution is 2.28. The lowest BCUT2D eigenvalue weighted by atomic mass is 9.86. The van der Waals surface area contributed by atoms with Crippen LogP contribution in [-0.2, 0) is 5.41 Å². The molecule has 1 N–H and O–H groups in total. The van der Waals surface area contributed by atoms with E-state index in [-0.39, 0.29) is 17.9 Å². The Morgan fingerprint density at radius 1 is 1.26 bits per heavy atom. The average Bonchev–Trinajstić information content (AvgIpc) is 3.18. The summed E-state index contributed by atoms with van der Waals surface area (Å²) >= 11 is 0. The lowest BCUT2D eigenvalue weighted by Gasteiger charge is -2.23. The highest BCUT2D eigenvalue weighted by atomic mass is 16.3. The predicted molar refractivity (Wildman–Crippen MR) is 76.3 cm³/mol. The molecule has 0 radical (unpaired) electrons. The molecular weight excluding hydrogens is 238 g/mol. The molecule has 1 saturated carbocycles. The zero-order valence-electron chi connectivity index (χ0n) is 12.0. The van der Waals surface area contributed by atoms with Crippen molar-refractivity contribution in [3.8, 4) is 0 Å². The molecule has 0 spiro atoms. The van der Waals surface area contributed by atoms with E-state index in [0.717, 1.165) is 12.8 Å². The zero-order valence-corrected chi connectivity index (χ0v) is 12.0. The van der Waals surface area contributed by atoms with Crippen LogP contribution in [0.15, 0.2) is 24.3 Å². The van der Waals surface area contributed by atoms with Gasteiger partial charge in [-0.3, -0.25) is 4.79 Å². The summed E-state index contributed by atoms with van der Waals surface area (Å²) in [6.45, 7) is 6.94. The summed E-state index contributed by atoms with van der Waals surface area (Å²) in [5, 5.41) is 9.07. The van der Waals surface area contributed by atoms with Crippen molar-refractivity contribution in [3.05, 3.63) is 35.4 Å². The van der Waals surface area contributed by atoms with Crippen LogP contribution >= 0.6 is 0 Å². The maximum Gasteiger partial charge on any atom is 0.254 e. The van der Waals surface area contributed by atoms with Crippen molar-refractivity contribution >= 4 is 5.91 Å². The van der Waals surface area contributed by atoms with E-state index in [1.807, 2.05) is 24.3 Å². The van der Waals surface area contributed by atoms with Gasteiger partial charge >= 0.3 is 0 Å². The van der Waals surface area contributed by atoms with Gasteiger partial charge in [-0.1, -0.05) is 32.9 Å². The highest BCUT2D eigenvalue weighted by molar-refractivity contribution is 5.94. The van der Waals surface area contributed by atoms with Crippen LogP contribution in [0.3, 0.4) is 0 Å². The summed E-state index contributed by atoms with van der Waals surface area (Å²) in [4.78, 5) is 14.2. The molecule has 1 aliphatic rings. The molecule has 1 amide bonds. The van der Waals surface area contributed by atoms with Gasteiger partial charge in [-0.25, -0.2) is 0 Å². The first kappa shape index (κ1) is 14.1. The van der Waals surface area contributed by atoms with Gasteiger partial charge in [-0.15, -0.1) is 0 Å². The molecule has 0 aliphatic heterocycles. The molecule has 104 valence electrons. The van der Waals surface area contributed by atoms with Gasteiger partial charge in [-0.05, 0) is 36.0 Å². The van der Waals surface area contributed by atoms with Crippen LogP contribution in [0.4, 0.5) is 0 Å². The summed E-state index contributed by atoms with van der Waals surface area (Å²) in [5.74, 6) is 0.0389. The smallest absolute Gasteiger partial charge is 0.254 e. The van der Waals surface area contributed by atoms with Gasteiger partial charge in [0.1, 0.15) is 0 Å². The summed E-state index contributed by atoms with van der Waals surface area (Å²) in [7, 11) is 0. The topological polar surface area (TPSA) is 40.5 Å². The molecule has 0 unspecified atom stereocenters. The summed E-state index contributed by atoms with van der Waals surface area (Å²) in [6.07, 6.45) is 2.12. The first-order chi connectivity index (χ1) is 8.93. The Labute approximate surface area is 115 Å². The van der Waals surface area contributed by atoms with Gasteiger partial charge in [0.15, 0.2) is 0 Å². The highest BCUT2D eigenvalue weighted by Gasteiger charge is 2.32. The van der Waals surface area contributed by atoms with Gasteiger partial charge in [0.2, 0.25) is 0 Å². The fourth-order valence-electron chi connectivity index (χ4n) is 2.22. The van der Waals surface area contributed by atoms with Crippen LogP contribution in [0.2, 0.25) is 0 Å². The number of aliphatic hydroxyl groups excluding tert-OH is 1. The van der Waals surface area contributed by atoms with Crippen molar-refractivity contribution in [3.63, 3.8) is 0 Å². The molecule has 0 heterocycles. The Bertz CT molecular complexity index is 441. The second-order valence-electron chi connectivity index (χ2n) is 6.28. The molecule has 2 rings (SSSR count). The number of amides is 1. The van der Waals surface area contributed by atoms with Crippen molar-refractivity contribution in [2.24, 2.45) is 0 Å². The molecule has 0 aromatic heterocycles. The molecule has 0 saturated heterocycles.